The maximum absolute atomic E-state index is 13.2. The van der Waals surface area contributed by atoms with E-state index in [1.54, 1.807) is 6.07 Å². The Morgan fingerprint density at radius 2 is 1.78 bits per heavy atom. The fraction of sp³-hybridized carbons (Fsp3) is 0.143. The lowest BCUT2D eigenvalue weighted by Crippen LogP contribution is -2.01. The predicted molar refractivity (Wildman–Crippen MR) is 80.3 cm³/mol. The summed E-state index contributed by atoms with van der Waals surface area (Å²) >= 11 is 6.91. The average Bonchev–Trinajstić information content (AvgIpc) is 2.34. The Morgan fingerprint density at radius 1 is 1.06 bits per heavy atom. The number of hydrogen-bond acceptors (Lipinski definition) is 1. The second-order valence-corrected chi connectivity index (χ2v) is 5.78. The summed E-state index contributed by atoms with van der Waals surface area (Å²) in [5.41, 5.74) is 3.08. The highest BCUT2D eigenvalue weighted by molar-refractivity contribution is 9.10. The largest absolute Gasteiger partial charge is 0.380 e. The van der Waals surface area contributed by atoms with Gasteiger partial charge in [-0.1, -0.05) is 22.0 Å². The van der Waals surface area contributed by atoms with Gasteiger partial charge in [0.15, 0.2) is 0 Å². The Labute approximate surface area is 123 Å². The van der Waals surface area contributed by atoms with Crippen LogP contribution in [-0.4, -0.2) is 0 Å². The van der Waals surface area contributed by atoms with Crippen molar-refractivity contribution < 1.29 is 4.39 Å². The van der Waals surface area contributed by atoms with Crippen LogP contribution < -0.4 is 5.32 Å². The van der Waals surface area contributed by atoms with Crippen molar-refractivity contribution in [1.82, 2.24) is 0 Å². The van der Waals surface area contributed by atoms with Gasteiger partial charge in [-0.2, -0.15) is 0 Å². The summed E-state index contributed by atoms with van der Waals surface area (Å²) in [4.78, 5) is 0. The quantitative estimate of drug-likeness (QED) is 0.773. The Bertz CT molecular complexity index is 518. The van der Waals surface area contributed by atoms with Gasteiger partial charge >= 0.3 is 0 Å². The third-order valence-electron chi connectivity index (χ3n) is 2.60. The third kappa shape index (κ3) is 3.33. The van der Waals surface area contributed by atoms with Crippen LogP contribution in [0.5, 0.6) is 0 Å². The van der Waals surface area contributed by atoms with Crippen molar-refractivity contribution in [1.29, 1.82) is 0 Å². The lowest BCUT2D eigenvalue weighted by molar-refractivity contribution is 0.625. The number of hydrogen-bond donors (Lipinski definition) is 1. The lowest BCUT2D eigenvalue weighted by Gasteiger charge is -2.11. The van der Waals surface area contributed by atoms with Crippen LogP contribution in [0.25, 0.3) is 0 Å². The number of nitrogens with one attached hydrogen (secondary N) is 1. The van der Waals surface area contributed by atoms with Crippen molar-refractivity contribution in [3.63, 3.8) is 0 Å². The van der Waals surface area contributed by atoms with Gasteiger partial charge in [0, 0.05) is 21.2 Å². The summed E-state index contributed by atoms with van der Waals surface area (Å²) < 4.78 is 15.1. The molecule has 0 saturated carbocycles. The van der Waals surface area contributed by atoms with Gasteiger partial charge in [-0.05, 0) is 64.3 Å². The van der Waals surface area contributed by atoms with E-state index in [-0.39, 0.29) is 5.82 Å². The molecule has 1 N–H and O–H groups in total. The second kappa shape index (κ2) is 5.85. The van der Waals surface area contributed by atoms with E-state index in [0.717, 1.165) is 20.2 Å². The van der Waals surface area contributed by atoms with E-state index < -0.39 is 0 Å². The molecule has 0 bridgehead atoms. The fourth-order valence-corrected chi connectivity index (χ4v) is 2.42. The van der Waals surface area contributed by atoms with Crippen LogP contribution in [0.4, 0.5) is 10.1 Å². The summed E-state index contributed by atoms with van der Waals surface area (Å²) in [5, 5.41) is 3.29. The fourth-order valence-electron chi connectivity index (χ4n) is 1.64. The van der Waals surface area contributed by atoms with Crippen LogP contribution in [0.3, 0.4) is 0 Å². The van der Waals surface area contributed by atoms with Gasteiger partial charge in [0.2, 0.25) is 0 Å². The maximum atomic E-state index is 13.2. The first kappa shape index (κ1) is 13.6. The van der Waals surface area contributed by atoms with Gasteiger partial charge < -0.3 is 5.32 Å². The molecule has 2 aromatic rings. The molecule has 0 aromatic heterocycles. The zero-order valence-corrected chi connectivity index (χ0v) is 13.0. The summed E-state index contributed by atoms with van der Waals surface area (Å²) in [6, 6.07) is 10.8. The molecule has 94 valence electrons. The third-order valence-corrected chi connectivity index (χ3v) is 4.06. The summed E-state index contributed by atoms with van der Waals surface area (Å²) in [6.45, 7) is 2.61. The SMILES string of the molecule is Cc1ccc(Br)c(NCc2cc(F)ccc2Br)c1. The van der Waals surface area contributed by atoms with Crippen molar-refractivity contribution in [3.8, 4) is 0 Å². The zero-order chi connectivity index (χ0) is 13.1. The average molecular weight is 373 g/mol. The number of aryl methyl sites for hydroxylation is 1. The Balaban J connectivity index is 2.16. The van der Waals surface area contributed by atoms with E-state index in [9.17, 15) is 4.39 Å². The number of benzene rings is 2. The number of anilines is 1. The van der Waals surface area contributed by atoms with Gasteiger partial charge in [0.05, 0.1) is 0 Å². The van der Waals surface area contributed by atoms with Gasteiger partial charge in [-0.15, -0.1) is 0 Å². The van der Waals surface area contributed by atoms with Crippen LogP contribution in [-0.2, 0) is 6.54 Å². The Morgan fingerprint density at radius 3 is 2.56 bits per heavy atom. The standard InChI is InChI=1S/C14H12Br2FN/c1-9-2-4-13(16)14(6-9)18-8-10-7-11(17)3-5-12(10)15/h2-7,18H,8H2,1H3. The highest BCUT2D eigenvalue weighted by Crippen LogP contribution is 2.25. The second-order valence-electron chi connectivity index (χ2n) is 4.07. The molecule has 0 aliphatic rings. The summed E-state index contributed by atoms with van der Waals surface area (Å²) in [5.74, 6) is -0.224. The predicted octanol–water partition coefficient (Wildman–Crippen LogP) is 5.27. The van der Waals surface area contributed by atoms with E-state index in [0.29, 0.717) is 6.54 Å². The smallest absolute Gasteiger partial charge is 0.123 e. The zero-order valence-electron chi connectivity index (χ0n) is 9.81. The van der Waals surface area contributed by atoms with Crippen LogP contribution >= 0.6 is 31.9 Å². The molecule has 0 saturated heterocycles. The van der Waals surface area contributed by atoms with Crippen molar-refractivity contribution >= 4 is 37.5 Å². The van der Waals surface area contributed by atoms with Crippen LogP contribution in [0, 0.1) is 12.7 Å². The molecule has 0 radical (unpaired) electrons. The molecule has 18 heavy (non-hydrogen) atoms. The molecular formula is C14H12Br2FN. The van der Waals surface area contributed by atoms with Crippen LogP contribution in [0.1, 0.15) is 11.1 Å². The molecule has 0 fully saturated rings. The minimum atomic E-state index is -0.224. The minimum Gasteiger partial charge on any atom is -0.380 e. The number of halogens is 3. The Hall–Kier alpha value is -0.870. The molecular weight excluding hydrogens is 361 g/mol. The minimum absolute atomic E-state index is 0.224. The van der Waals surface area contributed by atoms with Gasteiger partial charge in [0.25, 0.3) is 0 Å². The first-order valence-electron chi connectivity index (χ1n) is 5.50. The first-order chi connectivity index (χ1) is 8.56. The van der Waals surface area contributed by atoms with E-state index in [4.69, 9.17) is 0 Å². The van der Waals surface area contributed by atoms with Crippen molar-refractivity contribution in [2.24, 2.45) is 0 Å². The lowest BCUT2D eigenvalue weighted by atomic mass is 10.2. The topological polar surface area (TPSA) is 12.0 Å². The van der Waals surface area contributed by atoms with E-state index in [2.05, 4.69) is 43.2 Å². The molecule has 0 aliphatic carbocycles. The molecule has 0 aliphatic heterocycles. The monoisotopic (exact) mass is 371 g/mol. The molecule has 0 unspecified atom stereocenters. The molecule has 2 rings (SSSR count). The summed E-state index contributed by atoms with van der Waals surface area (Å²) in [7, 11) is 0. The summed E-state index contributed by atoms with van der Waals surface area (Å²) in [6.07, 6.45) is 0. The maximum Gasteiger partial charge on any atom is 0.123 e. The molecule has 4 heteroatoms. The van der Waals surface area contributed by atoms with E-state index in [1.165, 1.54) is 17.7 Å². The molecule has 1 nitrogen and oxygen atoms in total. The highest BCUT2D eigenvalue weighted by Gasteiger charge is 2.04. The molecule has 0 amide bonds. The van der Waals surface area contributed by atoms with Crippen LogP contribution in [0.15, 0.2) is 45.3 Å². The van der Waals surface area contributed by atoms with Gasteiger partial charge in [0.1, 0.15) is 5.82 Å². The first-order valence-corrected chi connectivity index (χ1v) is 7.09. The number of rotatable bonds is 3. The van der Waals surface area contributed by atoms with E-state index in [1.807, 2.05) is 19.1 Å². The molecule has 0 spiro atoms. The van der Waals surface area contributed by atoms with Crippen molar-refractivity contribution in [2.75, 3.05) is 5.32 Å². The van der Waals surface area contributed by atoms with Crippen molar-refractivity contribution in [3.05, 3.63) is 62.3 Å². The van der Waals surface area contributed by atoms with Gasteiger partial charge in [-0.3, -0.25) is 0 Å². The normalized spacial score (nSPS) is 10.4. The highest BCUT2D eigenvalue weighted by atomic mass is 79.9. The molecule has 0 atom stereocenters. The van der Waals surface area contributed by atoms with Gasteiger partial charge in [-0.25, -0.2) is 4.39 Å². The van der Waals surface area contributed by atoms with Crippen molar-refractivity contribution in [2.45, 2.75) is 13.5 Å². The Kier molecular flexibility index (Phi) is 4.40. The van der Waals surface area contributed by atoms with Crippen LogP contribution in [0.2, 0.25) is 0 Å². The molecule has 0 heterocycles. The molecule has 2 aromatic carbocycles. The van der Waals surface area contributed by atoms with E-state index >= 15 is 0 Å².